The molecular formula is C52H75N19O11S2. The highest BCUT2D eigenvalue weighted by atomic mass is 32.1. The number of carbonyl (C=O) groups excluding carboxylic acids is 9. The highest BCUT2D eigenvalue weighted by Gasteiger charge is 2.36. The van der Waals surface area contributed by atoms with Crippen LogP contribution in [0.1, 0.15) is 74.0 Å². The summed E-state index contributed by atoms with van der Waals surface area (Å²) in [5.74, 6) is -9.36. The number of hydrogen-bond acceptors (Lipinski definition) is 18. The molecule has 0 fully saturated rings. The summed E-state index contributed by atoms with van der Waals surface area (Å²) in [6.45, 7) is 0.534. The maximum absolute atomic E-state index is 15.0. The van der Waals surface area contributed by atoms with E-state index in [1.165, 1.54) is 37.6 Å². The van der Waals surface area contributed by atoms with E-state index in [1.54, 1.807) is 30.5 Å². The number of hydrogen-bond donors (Lipinski definition) is 19. The monoisotopic (exact) mass is 1210 g/mol. The van der Waals surface area contributed by atoms with Gasteiger partial charge < -0.3 is 90.5 Å². The van der Waals surface area contributed by atoms with Crippen molar-refractivity contribution in [3.63, 3.8) is 0 Å². The van der Waals surface area contributed by atoms with E-state index in [-0.39, 0.29) is 56.6 Å². The predicted molar refractivity (Wildman–Crippen MR) is 312 cm³/mol. The van der Waals surface area contributed by atoms with Crippen LogP contribution in [0.5, 0.6) is 0 Å². The van der Waals surface area contributed by atoms with E-state index in [0.29, 0.717) is 65.8 Å². The Kier molecular flexibility index (Phi) is 27.2. The van der Waals surface area contributed by atoms with Crippen molar-refractivity contribution < 1.29 is 53.1 Å². The zero-order chi connectivity index (χ0) is 61.1. The average molecular weight is 1210 g/mol. The molecule has 21 N–H and O–H groups in total. The van der Waals surface area contributed by atoms with E-state index in [9.17, 15) is 53.1 Å². The van der Waals surface area contributed by atoms with Crippen molar-refractivity contribution in [2.75, 3.05) is 24.6 Å². The number of nitrogens with zero attached hydrogens (tertiary/aromatic N) is 3. The number of fused-ring (bicyclic) bond motifs is 1. The van der Waals surface area contributed by atoms with Crippen LogP contribution in [0.4, 0.5) is 0 Å². The molecule has 0 aliphatic carbocycles. The van der Waals surface area contributed by atoms with E-state index in [1.807, 2.05) is 0 Å². The Morgan fingerprint density at radius 2 is 0.869 bits per heavy atom. The van der Waals surface area contributed by atoms with Gasteiger partial charge in [0.25, 0.3) is 0 Å². The molecule has 84 heavy (non-hydrogen) atoms. The lowest BCUT2D eigenvalue weighted by molar-refractivity contribution is -0.141. The highest BCUT2D eigenvalue weighted by molar-refractivity contribution is 7.80. The normalized spacial score (nSPS) is 14.4. The Bertz CT molecular complexity index is 2950. The number of aromatic amines is 4. The summed E-state index contributed by atoms with van der Waals surface area (Å²) in [6, 6.07) is -5.35. The van der Waals surface area contributed by atoms with Crippen LogP contribution in [-0.2, 0) is 73.6 Å². The fraction of sp³-hybridized carbons (Fsp3) is 0.481. The van der Waals surface area contributed by atoms with Gasteiger partial charge in [0, 0.05) is 96.4 Å². The number of para-hydroxylation sites is 1. The van der Waals surface area contributed by atoms with Gasteiger partial charge in [-0.3, -0.25) is 43.2 Å². The van der Waals surface area contributed by atoms with Gasteiger partial charge in [0.15, 0.2) is 0 Å². The Morgan fingerprint density at radius 3 is 1.25 bits per heavy atom. The van der Waals surface area contributed by atoms with Crippen LogP contribution in [0.3, 0.4) is 0 Å². The molecule has 4 heterocycles. The number of amides is 9. The number of rotatable bonds is 38. The lowest BCUT2D eigenvalue weighted by Gasteiger charge is -2.28. The topological polar surface area (TPSA) is 493 Å². The number of primary amides is 1. The first kappa shape index (κ1) is 66.5. The summed E-state index contributed by atoms with van der Waals surface area (Å²) in [4.78, 5) is 161. The smallest absolute Gasteiger partial charge is 0.327 e. The third-order valence-corrected chi connectivity index (χ3v) is 14.1. The molecule has 4 aromatic heterocycles. The number of nitrogens with one attached hydrogen (secondary N) is 12. The first-order chi connectivity index (χ1) is 40.3. The molecule has 5 rings (SSSR count). The molecule has 456 valence electrons. The van der Waals surface area contributed by atoms with Crippen molar-refractivity contribution in [3.05, 3.63) is 90.7 Å². The molecule has 0 saturated heterocycles. The van der Waals surface area contributed by atoms with E-state index in [2.05, 4.69) is 103 Å². The highest BCUT2D eigenvalue weighted by Crippen LogP contribution is 2.20. The second-order valence-corrected chi connectivity index (χ2v) is 20.5. The van der Waals surface area contributed by atoms with Crippen LogP contribution in [0.15, 0.2) is 68.0 Å². The summed E-state index contributed by atoms with van der Waals surface area (Å²) in [6.07, 6.45) is 10.0. The molecule has 0 radical (unpaired) electrons. The van der Waals surface area contributed by atoms with Crippen LogP contribution in [0.2, 0.25) is 0 Å². The van der Waals surface area contributed by atoms with E-state index in [4.69, 9.17) is 22.9 Å². The van der Waals surface area contributed by atoms with Gasteiger partial charge in [-0.2, -0.15) is 25.3 Å². The molecule has 0 unspecified atom stereocenters. The van der Waals surface area contributed by atoms with E-state index in [0.717, 1.165) is 0 Å². The number of carboxylic acid groups (broad SMARTS) is 1. The van der Waals surface area contributed by atoms with Gasteiger partial charge in [0.1, 0.15) is 48.3 Å². The molecule has 5 aromatic rings. The molecule has 30 nitrogen and oxygen atoms in total. The number of unbranched alkanes of at least 4 members (excludes halogenated alkanes) is 2. The van der Waals surface area contributed by atoms with E-state index < -0.39 is 126 Å². The second kappa shape index (κ2) is 34.3. The van der Waals surface area contributed by atoms with Gasteiger partial charge in [-0.25, -0.2) is 19.7 Å². The van der Waals surface area contributed by atoms with Gasteiger partial charge in [0.05, 0.1) is 25.0 Å². The number of carbonyl (C=O) groups is 10. The zero-order valence-corrected chi connectivity index (χ0v) is 47.7. The minimum Gasteiger partial charge on any atom is -0.480 e. The standard InChI is InChI=1S/C52H75N19O11S2/c53-13-5-3-9-35(64-44(73)33(55)23-83)45(74)68-39(16-29-20-57-25-61-29)50(79)66-37(11-12-43(56)72)47(76)67-38(15-28-19-60-34-8-2-1-7-32(28)34)48(77)70-40(17-30-21-58-26-62-30)49(78)65-36(10-4-6-14-54)46(75)69-41(18-31-22-59-27-63-31)51(80)71-42(24-84)52(81)82/h1-2,7-8,19-22,25-27,33,35-42,60,83-84H,3-6,9-18,23-24,53-55H2,(H2,56,72)(H,57,61)(H,58,62)(H,59,63)(H,64,73)(H,65,78)(H,66,79)(H,67,76)(H,68,74)(H,69,75)(H,70,77)(H,71,80)(H,81,82)/t33-,35-,36-,37-,38-,39-,40-,41-,42-/m0/s1. The van der Waals surface area contributed by atoms with Crippen molar-refractivity contribution in [3.8, 4) is 0 Å². The molecule has 0 spiro atoms. The van der Waals surface area contributed by atoms with Crippen LogP contribution in [0, 0.1) is 0 Å². The van der Waals surface area contributed by atoms with Crippen molar-refractivity contribution in [2.45, 2.75) is 131 Å². The number of thiol groups is 2. The molecule has 9 amide bonds. The first-order valence-electron chi connectivity index (χ1n) is 27.1. The maximum atomic E-state index is 15.0. The summed E-state index contributed by atoms with van der Waals surface area (Å²) in [5.41, 5.74) is 25.3. The van der Waals surface area contributed by atoms with E-state index >= 15 is 0 Å². The first-order valence-corrected chi connectivity index (χ1v) is 28.4. The number of carboxylic acids is 1. The van der Waals surface area contributed by atoms with Crippen LogP contribution < -0.4 is 65.5 Å². The maximum Gasteiger partial charge on any atom is 0.327 e. The Hall–Kier alpha value is -8.33. The SMILES string of the molecule is NCCCC[C@H](NC(=O)[C@H](Cc1cnc[nH]1)NC(=O)[C@H](Cc1c[nH]c2ccccc12)NC(=O)[C@H](CCC(N)=O)NC(=O)[C@H](Cc1cnc[nH]1)NC(=O)[C@H](CCCCN)NC(=O)[C@@H](N)CS)C(=O)N[C@@H](Cc1cnc[nH]1)C(=O)N[C@@H](CS)C(=O)O. The summed E-state index contributed by atoms with van der Waals surface area (Å²) in [5, 5.41) is 31.3. The van der Waals surface area contributed by atoms with Gasteiger partial charge in [-0.1, -0.05) is 18.2 Å². The lowest BCUT2D eigenvalue weighted by Crippen LogP contribution is -2.61. The zero-order valence-electron chi connectivity index (χ0n) is 45.9. The molecule has 0 aliphatic heterocycles. The quantitative estimate of drug-likeness (QED) is 0.0133. The third kappa shape index (κ3) is 21.1. The van der Waals surface area contributed by atoms with Crippen LogP contribution >= 0.6 is 25.3 Å². The fourth-order valence-electron chi connectivity index (χ4n) is 8.74. The van der Waals surface area contributed by atoms with Gasteiger partial charge in [0.2, 0.25) is 53.2 Å². The molecule has 1 aromatic carbocycles. The lowest BCUT2D eigenvalue weighted by atomic mass is 10.0. The summed E-state index contributed by atoms with van der Waals surface area (Å²) in [7, 11) is 0. The number of H-pyrrole nitrogens is 4. The molecule has 0 bridgehead atoms. The molecule has 9 atom stereocenters. The summed E-state index contributed by atoms with van der Waals surface area (Å²) >= 11 is 8.11. The fourth-order valence-corrected chi connectivity index (χ4v) is 9.15. The molecular weight excluding hydrogens is 1130 g/mol. The number of benzene rings is 1. The average Bonchev–Trinajstić information content (AvgIpc) is 4.37. The van der Waals surface area contributed by atoms with Crippen LogP contribution in [-0.4, -0.2) is 178 Å². The summed E-state index contributed by atoms with van der Waals surface area (Å²) < 4.78 is 0. The van der Waals surface area contributed by atoms with Crippen LogP contribution in [0.25, 0.3) is 10.9 Å². The van der Waals surface area contributed by atoms with Crippen molar-refractivity contribution in [1.29, 1.82) is 0 Å². The minimum absolute atomic E-state index is 0.00652. The number of aliphatic carboxylic acids is 1. The number of nitrogens with two attached hydrogens (primary N) is 4. The van der Waals surface area contributed by atoms with Crippen molar-refractivity contribution in [2.24, 2.45) is 22.9 Å². The van der Waals surface area contributed by atoms with Gasteiger partial charge in [-0.15, -0.1) is 0 Å². The molecule has 0 aliphatic rings. The number of aromatic nitrogens is 7. The Morgan fingerprint density at radius 1 is 0.488 bits per heavy atom. The Balaban J connectivity index is 1.46. The van der Waals surface area contributed by atoms with Gasteiger partial charge in [-0.05, 0) is 69.7 Å². The van der Waals surface area contributed by atoms with Crippen molar-refractivity contribution in [1.82, 2.24) is 77.4 Å². The largest absolute Gasteiger partial charge is 0.480 e. The predicted octanol–water partition coefficient (Wildman–Crippen LogP) is -3.72. The number of imidazole rings is 3. The molecule has 0 saturated carbocycles. The van der Waals surface area contributed by atoms with Crippen molar-refractivity contribution >= 4 is 95.3 Å². The third-order valence-electron chi connectivity index (χ3n) is 13.4. The second-order valence-electron chi connectivity index (χ2n) is 19.8. The minimum atomic E-state index is -1.60. The molecule has 32 heteroatoms. The Labute approximate surface area is 493 Å². The van der Waals surface area contributed by atoms with Gasteiger partial charge >= 0.3 is 5.97 Å².